The average Bonchev–Trinajstić information content (AvgIpc) is 2.41. The highest BCUT2D eigenvalue weighted by atomic mass is 32.2. The summed E-state index contributed by atoms with van der Waals surface area (Å²) in [4.78, 5) is -0.616. The highest BCUT2D eigenvalue weighted by molar-refractivity contribution is 7.89. The van der Waals surface area contributed by atoms with E-state index in [0.717, 1.165) is 35.3 Å². The minimum absolute atomic E-state index is 0.0910. The van der Waals surface area contributed by atoms with Crippen LogP contribution in [-0.2, 0) is 10.0 Å². The zero-order valence-corrected chi connectivity index (χ0v) is 12.0. The van der Waals surface area contributed by atoms with Crippen LogP contribution < -0.4 is 5.73 Å². The van der Waals surface area contributed by atoms with Gasteiger partial charge in [-0.3, -0.25) is 0 Å². The Bertz CT molecular complexity index is 584. The molecule has 0 spiro atoms. The first kappa shape index (κ1) is 15.3. The van der Waals surface area contributed by atoms with Crippen LogP contribution in [0, 0.1) is 11.6 Å². The van der Waals surface area contributed by atoms with Gasteiger partial charge in [-0.05, 0) is 43.9 Å². The Hall–Kier alpha value is -1.05. The topological polar surface area (TPSA) is 63.4 Å². The molecular formula is C13H18F2N2O2S. The number of benzene rings is 1. The molecule has 0 radical (unpaired) electrons. The lowest BCUT2D eigenvalue weighted by Crippen LogP contribution is -2.42. The lowest BCUT2D eigenvalue weighted by atomic mass is 9.92. The molecule has 1 saturated carbocycles. The minimum Gasteiger partial charge on any atom is -0.328 e. The second kappa shape index (κ2) is 5.75. The molecule has 4 nitrogen and oxygen atoms in total. The first-order chi connectivity index (χ1) is 9.32. The van der Waals surface area contributed by atoms with Gasteiger partial charge in [-0.1, -0.05) is 0 Å². The van der Waals surface area contributed by atoms with E-state index >= 15 is 0 Å². The van der Waals surface area contributed by atoms with Crippen molar-refractivity contribution in [1.82, 2.24) is 4.31 Å². The van der Waals surface area contributed by atoms with Gasteiger partial charge in [-0.15, -0.1) is 0 Å². The molecule has 2 rings (SSSR count). The van der Waals surface area contributed by atoms with Crippen LogP contribution in [0.5, 0.6) is 0 Å². The van der Waals surface area contributed by atoms with Crippen LogP contribution in [0.2, 0.25) is 0 Å². The highest BCUT2D eigenvalue weighted by Gasteiger charge is 2.32. The summed E-state index contributed by atoms with van der Waals surface area (Å²) in [5.74, 6) is -1.71. The molecule has 1 fully saturated rings. The quantitative estimate of drug-likeness (QED) is 0.927. The molecule has 1 aliphatic carbocycles. The SMILES string of the molecule is CN(C1CCC(N)CC1)S(=O)(=O)c1cc(F)ccc1F. The van der Waals surface area contributed by atoms with Crippen molar-refractivity contribution in [3.8, 4) is 0 Å². The molecule has 1 aromatic rings. The van der Waals surface area contributed by atoms with Crippen LogP contribution in [0.25, 0.3) is 0 Å². The minimum atomic E-state index is -4.03. The van der Waals surface area contributed by atoms with Gasteiger partial charge < -0.3 is 5.73 Å². The molecular weight excluding hydrogens is 286 g/mol. The molecule has 1 aliphatic rings. The zero-order chi connectivity index (χ0) is 14.9. The van der Waals surface area contributed by atoms with E-state index in [4.69, 9.17) is 5.73 Å². The van der Waals surface area contributed by atoms with E-state index in [9.17, 15) is 17.2 Å². The van der Waals surface area contributed by atoms with Gasteiger partial charge in [0.15, 0.2) is 0 Å². The maximum Gasteiger partial charge on any atom is 0.246 e. The van der Waals surface area contributed by atoms with Crippen LogP contribution >= 0.6 is 0 Å². The summed E-state index contributed by atoms with van der Waals surface area (Å²) in [6.07, 6.45) is 2.73. The van der Waals surface area contributed by atoms with Gasteiger partial charge in [0, 0.05) is 19.1 Å². The summed E-state index contributed by atoms with van der Waals surface area (Å²) in [6.45, 7) is 0. The fraction of sp³-hybridized carbons (Fsp3) is 0.538. The first-order valence-electron chi connectivity index (χ1n) is 6.51. The number of nitrogens with two attached hydrogens (primary N) is 1. The van der Waals surface area contributed by atoms with Crippen LogP contribution in [0.3, 0.4) is 0 Å². The van der Waals surface area contributed by atoms with Gasteiger partial charge in [-0.25, -0.2) is 17.2 Å². The van der Waals surface area contributed by atoms with Gasteiger partial charge in [0.2, 0.25) is 10.0 Å². The molecule has 0 atom stereocenters. The van der Waals surface area contributed by atoms with Gasteiger partial charge in [-0.2, -0.15) is 4.31 Å². The second-order valence-corrected chi connectivity index (χ2v) is 7.13. The molecule has 7 heteroatoms. The summed E-state index contributed by atoms with van der Waals surface area (Å²) in [7, 11) is -2.63. The normalized spacial score (nSPS) is 24.1. The first-order valence-corrected chi connectivity index (χ1v) is 7.95. The van der Waals surface area contributed by atoms with Crippen molar-refractivity contribution >= 4 is 10.0 Å². The van der Waals surface area contributed by atoms with Crippen molar-refractivity contribution in [3.63, 3.8) is 0 Å². The van der Waals surface area contributed by atoms with E-state index in [-0.39, 0.29) is 12.1 Å². The van der Waals surface area contributed by atoms with Crippen molar-refractivity contribution in [2.45, 2.75) is 42.7 Å². The molecule has 0 aliphatic heterocycles. The van der Waals surface area contributed by atoms with E-state index in [1.54, 1.807) is 0 Å². The van der Waals surface area contributed by atoms with Crippen LogP contribution in [0.15, 0.2) is 23.1 Å². The van der Waals surface area contributed by atoms with Crippen molar-refractivity contribution < 1.29 is 17.2 Å². The van der Waals surface area contributed by atoms with Gasteiger partial charge in [0.25, 0.3) is 0 Å². The summed E-state index contributed by atoms with van der Waals surface area (Å²) < 4.78 is 52.7. The van der Waals surface area contributed by atoms with Gasteiger partial charge in [0.1, 0.15) is 16.5 Å². The zero-order valence-electron chi connectivity index (χ0n) is 11.2. The number of sulfonamides is 1. The van der Waals surface area contributed by atoms with Crippen LogP contribution in [0.4, 0.5) is 8.78 Å². The predicted octanol–water partition coefficient (Wildman–Crippen LogP) is 1.86. The van der Waals surface area contributed by atoms with Gasteiger partial charge in [0.05, 0.1) is 0 Å². The predicted molar refractivity (Wildman–Crippen MR) is 71.5 cm³/mol. The highest BCUT2D eigenvalue weighted by Crippen LogP contribution is 2.27. The lowest BCUT2D eigenvalue weighted by Gasteiger charge is -2.32. The lowest BCUT2D eigenvalue weighted by molar-refractivity contribution is 0.268. The molecule has 2 N–H and O–H groups in total. The maximum absolute atomic E-state index is 13.7. The van der Waals surface area contributed by atoms with E-state index in [0.29, 0.717) is 12.8 Å². The third kappa shape index (κ3) is 2.99. The van der Waals surface area contributed by atoms with Crippen LogP contribution in [-0.4, -0.2) is 31.9 Å². The fourth-order valence-electron chi connectivity index (χ4n) is 2.49. The van der Waals surface area contributed by atoms with E-state index in [1.807, 2.05) is 0 Å². The molecule has 0 bridgehead atoms. The molecule has 0 amide bonds. The van der Waals surface area contributed by atoms with Crippen molar-refractivity contribution in [3.05, 3.63) is 29.8 Å². The Balaban J connectivity index is 2.27. The molecule has 0 heterocycles. The maximum atomic E-state index is 13.7. The van der Waals surface area contributed by atoms with Crippen molar-refractivity contribution in [2.24, 2.45) is 5.73 Å². The summed E-state index contributed by atoms with van der Waals surface area (Å²) in [5, 5.41) is 0. The Labute approximate surface area is 117 Å². The number of hydrogen-bond acceptors (Lipinski definition) is 3. The average molecular weight is 304 g/mol. The molecule has 0 unspecified atom stereocenters. The van der Waals surface area contributed by atoms with E-state index < -0.39 is 26.6 Å². The third-order valence-corrected chi connectivity index (χ3v) is 5.73. The Morgan fingerprint density at radius 2 is 1.80 bits per heavy atom. The molecule has 0 saturated heterocycles. The van der Waals surface area contributed by atoms with E-state index in [2.05, 4.69) is 0 Å². The molecule has 0 aromatic heterocycles. The number of rotatable bonds is 3. The Kier molecular flexibility index (Phi) is 4.41. The molecule has 20 heavy (non-hydrogen) atoms. The standard InChI is InChI=1S/C13H18F2N2O2S/c1-17(11-5-3-10(16)4-6-11)20(18,19)13-8-9(14)2-7-12(13)15/h2,7-8,10-11H,3-6,16H2,1H3. The van der Waals surface area contributed by atoms with Crippen molar-refractivity contribution in [1.29, 1.82) is 0 Å². The number of hydrogen-bond donors (Lipinski definition) is 1. The number of halogens is 2. The smallest absolute Gasteiger partial charge is 0.246 e. The monoisotopic (exact) mass is 304 g/mol. The second-order valence-electron chi connectivity index (χ2n) is 5.16. The summed E-state index contributed by atoms with van der Waals surface area (Å²) >= 11 is 0. The van der Waals surface area contributed by atoms with E-state index in [1.165, 1.54) is 7.05 Å². The number of nitrogens with zero attached hydrogens (tertiary/aromatic N) is 1. The summed E-state index contributed by atoms with van der Waals surface area (Å²) in [5.41, 5.74) is 5.78. The van der Waals surface area contributed by atoms with Crippen molar-refractivity contribution in [2.75, 3.05) is 7.05 Å². The third-order valence-electron chi connectivity index (χ3n) is 3.81. The molecule has 112 valence electrons. The fourth-order valence-corrected chi connectivity index (χ4v) is 3.98. The Morgan fingerprint density at radius 3 is 2.40 bits per heavy atom. The van der Waals surface area contributed by atoms with Crippen LogP contribution in [0.1, 0.15) is 25.7 Å². The molecule has 1 aromatic carbocycles. The summed E-state index contributed by atoms with van der Waals surface area (Å²) in [6, 6.07) is 2.31. The Morgan fingerprint density at radius 1 is 1.20 bits per heavy atom. The largest absolute Gasteiger partial charge is 0.328 e. The van der Waals surface area contributed by atoms with Gasteiger partial charge >= 0.3 is 0 Å².